The highest BCUT2D eigenvalue weighted by Crippen LogP contribution is 2.12. The Bertz CT molecular complexity index is 1160. The van der Waals surface area contributed by atoms with E-state index in [0.29, 0.717) is 17.8 Å². The lowest BCUT2D eigenvalue weighted by atomic mass is 10.0. The first-order valence-electron chi connectivity index (χ1n) is 11.7. The molecule has 3 rings (SSSR count). The largest absolute Gasteiger partial charge is 0.384 e. The molecule has 5 N–H and O–H groups in total. The maximum atomic E-state index is 13.8. The van der Waals surface area contributed by atoms with Crippen molar-refractivity contribution in [3.8, 4) is 0 Å². The van der Waals surface area contributed by atoms with Gasteiger partial charge in [0.15, 0.2) is 11.6 Å². The summed E-state index contributed by atoms with van der Waals surface area (Å²) in [7, 11) is 0. The van der Waals surface area contributed by atoms with Crippen molar-refractivity contribution in [2.45, 2.75) is 51.4 Å². The molecule has 3 aromatic rings. The number of amides is 2. The summed E-state index contributed by atoms with van der Waals surface area (Å²) in [6, 6.07) is 14.7. The third kappa shape index (κ3) is 8.13. The molecule has 36 heavy (non-hydrogen) atoms. The van der Waals surface area contributed by atoms with Crippen LogP contribution in [0.4, 0.5) is 14.6 Å². The fraction of sp³-hybridized carbons (Fsp3) is 0.296. The van der Waals surface area contributed by atoms with E-state index in [1.54, 1.807) is 18.3 Å². The second-order valence-electron chi connectivity index (χ2n) is 8.89. The van der Waals surface area contributed by atoms with Crippen LogP contribution in [0.5, 0.6) is 0 Å². The minimum atomic E-state index is -1.02. The highest BCUT2D eigenvalue weighted by Gasteiger charge is 2.27. The summed E-state index contributed by atoms with van der Waals surface area (Å²) in [6.45, 7) is 4.02. The van der Waals surface area contributed by atoms with Gasteiger partial charge in [-0.3, -0.25) is 9.59 Å². The molecule has 0 aliphatic carbocycles. The molecule has 0 bridgehead atoms. The predicted octanol–water partition coefficient (Wildman–Crippen LogP) is 2.89. The molecule has 1 unspecified atom stereocenters. The molecular formula is C27H31F2N5O2. The van der Waals surface area contributed by atoms with Crippen LogP contribution in [0.1, 0.15) is 30.5 Å². The SMILES string of the molecule is CC(C)NC(Cc1ccccc1)C(=O)N[C@@H](Cc1ccc(F)c(F)c1)C(=O)NCc1ccc(N)nc1. The Balaban J connectivity index is 1.77. The summed E-state index contributed by atoms with van der Waals surface area (Å²) in [4.78, 5) is 30.4. The molecule has 0 radical (unpaired) electrons. The fourth-order valence-corrected chi connectivity index (χ4v) is 3.72. The topological polar surface area (TPSA) is 109 Å². The van der Waals surface area contributed by atoms with Gasteiger partial charge >= 0.3 is 0 Å². The summed E-state index contributed by atoms with van der Waals surface area (Å²) in [5.74, 6) is -2.48. The Morgan fingerprint density at radius 3 is 2.19 bits per heavy atom. The van der Waals surface area contributed by atoms with Crippen LogP contribution in [-0.2, 0) is 29.0 Å². The van der Waals surface area contributed by atoms with Gasteiger partial charge < -0.3 is 21.7 Å². The number of pyridine rings is 1. The zero-order valence-electron chi connectivity index (χ0n) is 20.3. The van der Waals surface area contributed by atoms with E-state index in [4.69, 9.17) is 5.73 Å². The van der Waals surface area contributed by atoms with Crippen molar-refractivity contribution in [2.75, 3.05) is 5.73 Å². The zero-order valence-corrected chi connectivity index (χ0v) is 20.3. The summed E-state index contributed by atoms with van der Waals surface area (Å²) >= 11 is 0. The second kappa shape index (κ2) is 12.7. The van der Waals surface area contributed by atoms with E-state index in [2.05, 4.69) is 20.9 Å². The van der Waals surface area contributed by atoms with Gasteiger partial charge in [-0.15, -0.1) is 0 Å². The summed E-state index contributed by atoms with van der Waals surface area (Å²) in [5, 5.41) is 8.82. The van der Waals surface area contributed by atoms with E-state index >= 15 is 0 Å². The van der Waals surface area contributed by atoms with Crippen molar-refractivity contribution in [3.05, 3.63) is 95.2 Å². The number of nitrogens with zero attached hydrogens (tertiary/aromatic N) is 1. The third-order valence-electron chi connectivity index (χ3n) is 5.50. The number of carbonyl (C=O) groups is 2. The number of hydrogen-bond acceptors (Lipinski definition) is 5. The third-order valence-corrected chi connectivity index (χ3v) is 5.50. The van der Waals surface area contributed by atoms with Gasteiger partial charge in [-0.25, -0.2) is 13.8 Å². The van der Waals surface area contributed by atoms with Crippen LogP contribution in [0.3, 0.4) is 0 Å². The van der Waals surface area contributed by atoms with Gasteiger partial charge in [0, 0.05) is 25.2 Å². The molecule has 1 heterocycles. The lowest BCUT2D eigenvalue weighted by molar-refractivity contribution is -0.130. The number of nitrogens with one attached hydrogen (secondary N) is 3. The molecule has 2 amide bonds. The lowest BCUT2D eigenvalue weighted by Crippen LogP contribution is -2.55. The fourth-order valence-electron chi connectivity index (χ4n) is 3.72. The van der Waals surface area contributed by atoms with Crippen LogP contribution in [0.2, 0.25) is 0 Å². The number of nitrogens with two attached hydrogens (primary N) is 1. The van der Waals surface area contributed by atoms with Crippen LogP contribution >= 0.6 is 0 Å². The standard InChI is InChI=1S/C27H31F2N5O2/c1-17(2)33-24(13-18-6-4-3-5-7-18)27(36)34-23(14-19-8-10-21(28)22(29)12-19)26(35)32-16-20-9-11-25(30)31-15-20/h3-12,15,17,23-24,33H,13-14,16H2,1-2H3,(H2,30,31)(H,32,35)(H,34,36)/t23-,24?/m0/s1. The molecule has 0 saturated heterocycles. The summed E-state index contributed by atoms with van der Waals surface area (Å²) < 4.78 is 27.2. The molecule has 190 valence electrons. The summed E-state index contributed by atoms with van der Waals surface area (Å²) in [5.41, 5.74) is 7.66. The van der Waals surface area contributed by atoms with Crippen LogP contribution in [0.25, 0.3) is 0 Å². The highest BCUT2D eigenvalue weighted by atomic mass is 19.2. The highest BCUT2D eigenvalue weighted by molar-refractivity contribution is 5.90. The zero-order chi connectivity index (χ0) is 26.1. The lowest BCUT2D eigenvalue weighted by Gasteiger charge is -2.25. The van der Waals surface area contributed by atoms with Crippen molar-refractivity contribution >= 4 is 17.6 Å². The van der Waals surface area contributed by atoms with Crippen molar-refractivity contribution in [1.82, 2.24) is 20.9 Å². The minimum absolute atomic E-state index is 0.0148. The molecule has 0 spiro atoms. The number of anilines is 1. The van der Waals surface area contributed by atoms with Crippen LogP contribution < -0.4 is 21.7 Å². The minimum Gasteiger partial charge on any atom is -0.384 e. The van der Waals surface area contributed by atoms with Crippen LogP contribution in [0.15, 0.2) is 66.9 Å². The molecule has 0 fully saturated rings. The van der Waals surface area contributed by atoms with E-state index in [1.807, 2.05) is 44.2 Å². The van der Waals surface area contributed by atoms with E-state index in [-0.39, 0.29) is 24.9 Å². The van der Waals surface area contributed by atoms with Crippen molar-refractivity contribution in [2.24, 2.45) is 0 Å². The normalized spacial score (nSPS) is 12.7. The first-order chi connectivity index (χ1) is 17.2. The van der Waals surface area contributed by atoms with Gasteiger partial charge in [-0.2, -0.15) is 0 Å². The van der Waals surface area contributed by atoms with E-state index in [1.165, 1.54) is 6.07 Å². The molecule has 1 aromatic heterocycles. The first-order valence-corrected chi connectivity index (χ1v) is 11.7. The number of halogens is 2. The van der Waals surface area contributed by atoms with Crippen molar-refractivity contribution in [1.29, 1.82) is 0 Å². The number of benzene rings is 2. The van der Waals surface area contributed by atoms with Crippen LogP contribution in [0, 0.1) is 11.6 Å². The maximum absolute atomic E-state index is 13.8. The summed E-state index contributed by atoms with van der Waals surface area (Å²) in [6.07, 6.45) is 1.94. The molecule has 0 saturated carbocycles. The van der Waals surface area contributed by atoms with Crippen molar-refractivity contribution in [3.63, 3.8) is 0 Å². The molecule has 2 aromatic carbocycles. The average molecular weight is 496 g/mol. The molecule has 2 atom stereocenters. The number of nitrogen functional groups attached to an aromatic ring is 1. The number of hydrogen-bond donors (Lipinski definition) is 4. The smallest absolute Gasteiger partial charge is 0.243 e. The van der Waals surface area contributed by atoms with E-state index in [9.17, 15) is 18.4 Å². The van der Waals surface area contributed by atoms with Gasteiger partial charge in [0.25, 0.3) is 0 Å². The van der Waals surface area contributed by atoms with Gasteiger partial charge in [-0.05, 0) is 41.3 Å². The number of aromatic nitrogens is 1. The number of carbonyl (C=O) groups excluding carboxylic acids is 2. The average Bonchev–Trinajstić information content (AvgIpc) is 2.85. The monoisotopic (exact) mass is 495 g/mol. The quantitative estimate of drug-likeness (QED) is 0.327. The number of rotatable bonds is 11. The predicted molar refractivity (Wildman–Crippen MR) is 135 cm³/mol. The van der Waals surface area contributed by atoms with Gasteiger partial charge in [0.1, 0.15) is 11.9 Å². The van der Waals surface area contributed by atoms with Crippen LogP contribution in [-0.4, -0.2) is 34.9 Å². The Hall–Kier alpha value is -3.85. The molecule has 7 nitrogen and oxygen atoms in total. The van der Waals surface area contributed by atoms with Gasteiger partial charge in [-0.1, -0.05) is 56.3 Å². The molecule has 9 heteroatoms. The Morgan fingerprint density at radius 2 is 1.56 bits per heavy atom. The second-order valence-corrected chi connectivity index (χ2v) is 8.89. The Labute approximate surface area is 209 Å². The van der Waals surface area contributed by atoms with Crippen molar-refractivity contribution < 1.29 is 18.4 Å². The van der Waals surface area contributed by atoms with E-state index < -0.39 is 29.6 Å². The molecule has 0 aliphatic heterocycles. The molecular weight excluding hydrogens is 464 g/mol. The maximum Gasteiger partial charge on any atom is 0.243 e. The van der Waals surface area contributed by atoms with Gasteiger partial charge in [0.2, 0.25) is 11.8 Å². The van der Waals surface area contributed by atoms with E-state index in [0.717, 1.165) is 23.3 Å². The first kappa shape index (κ1) is 26.7. The Morgan fingerprint density at radius 1 is 0.861 bits per heavy atom. The van der Waals surface area contributed by atoms with Gasteiger partial charge in [0.05, 0.1) is 6.04 Å². The Kier molecular flexibility index (Phi) is 9.46. The molecule has 0 aliphatic rings.